The summed E-state index contributed by atoms with van der Waals surface area (Å²) < 4.78 is 30.6. The van der Waals surface area contributed by atoms with Crippen LogP contribution in [0.5, 0.6) is 0 Å². The zero-order valence-corrected chi connectivity index (χ0v) is 14.9. The van der Waals surface area contributed by atoms with E-state index in [-0.39, 0.29) is 13.2 Å². The van der Waals surface area contributed by atoms with Gasteiger partial charge in [-0.25, -0.2) is 4.79 Å². The maximum atomic E-state index is 13.6. The number of benzene rings is 1. The Labute approximate surface area is 158 Å². The number of halogens is 1. The number of aromatic nitrogens is 2. The van der Waals surface area contributed by atoms with Crippen molar-refractivity contribution in [3.63, 3.8) is 0 Å². The van der Waals surface area contributed by atoms with Gasteiger partial charge in [0, 0.05) is 6.92 Å². The molecule has 0 spiro atoms. The van der Waals surface area contributed by atoms with E-state index < -0.39 is 47.6 Å². The van der Waals surface area contributed by atoms with Crippen molar-refractivity contribution in [2.24, 2.45) is 0 Å². The Morgan fingerprint density at radius 2 is 2.04 bits per heavy atom. The average Bonchev–Trinajstić information content (AvgIpc) is 2.97. The van der Waals surface area contributed by atoms with Gasteiger partial charge in [0.2, 0.25) is 5.82 Å². The molecular formula is C18H19FN2O7. The van der Waals surface area contributed by atoms with Gasteiger partial charge in [-0.15, -0.1) is 0 Å². The second-order valence-electron chi connectivity index (χ2n) is 6.26. The van der Waals surface area contributed by atoms with Crippen LogP contribution >= 0.6 is 0 Å². The van der Waals surface area contributed by atoms with E-state index >= 15 is 0 Å². The lowest BCUT2D eigenvalue weighted by atomic mass is 10.1. The van der Waals surface area contributed by atoms with Crippen molar-refractivity contribution in [1.82, 2.24) is 9.55 Å². The van der Waals surface area contributed by atoms with Gasteiger partial charge >= 0.3 is 11.7 Å². The summed E-state index contributed by atoms with van der Waals surface area (Å²) in [5, 5.41) is 10.6. The number of hydrogen-bond acceptors (Lipinski definition) is 7. The summed E-state index contributed by atoms with van der Waals surface area (Å²) in [5.41, 5.74) is -1.30. The summed E-state index contributed by atoms with van der Waals surface area (Å²) in [7, 11) is 0. The second kappa shape index (κ2) is 8.46. The topological polar surface area (TPSA) is 120 Å². The standard InChI is InChI=1S/C18H19FN2O7/c1-10(22)26-9-13-15(27-8-11-5-3-2-4-6-11)14(23)17(28-13)21-7-12(19)16(24)20-18(21)25/h2-7,13-15,17,23H,8-9H2,1H3,(H,20,24,25). The van der Waals surface area contributed by atoms with E-state index in [1.165, 1.54) is 6.92 Å². The van der Waals surface area contributed by atoms with Crippen molar-refractivity contribution in [2.45, 2.75) is 38.1 Å². The molecule has 2 aromatic rings. The molecule has 3 rings (SSSR count). The number of aliphatic hydroxyl groups excluding tert-OH is 1. The highest BCUT2D eigenvalue weighted by Gasteiger charge is 2.46. The first-order valence-corrected chi connectivity index (χ1v) is 8.50. The lowest BCUT2D eigenvalue weighted by molar-refractivity contribution is -0.148. The molecular weight excluding hydrogens is 375 g/mol. The number of aromatic amines is 1. The highest BCUT2D eigenvalue weighted by atomic mass is 19.1. The molecule has 28 heavy (non-hydrogen) atoms. The maximum Gasteiger partial charge on any atom is 0.330 e. The van der Waals surface area contributed by atoms with Gasteiger partial charge in [-0.3, -0.25) is 19.1 Å². The molecule has 1 aliphatic rings. The number of aliphatic hydroxyl groups is 1. The number of carbonyl (C=O) groups excluding carboxylic acids is 1. The van der Waals surface area contributed by atoms with Gasteiger partial charge in [-0.1, -0.05) is 30.3 Å². The first-order valence-electron chi connectivity index (χ1n) is 8.50. The Bertz CT molecular complexity index is 943. The largest absolute Gasteiger partial charge is 0.463 e. The molecule has 0 amide bonds. The van der Waals surface area contributed by atoms with Crippen molar-refractivity contribution in [2.75, 3.05) is 6.61 Å². The SMILES string of the molecule is CC(=O)OCC1OC(n2cc(F)c(=O)[nH]c2=O)C(O)C1OCc1ccccc1. The van der Waals surface area contributed by atoms with Crippen LogP contribution in [-0.4, -0.2) is 45.5 Å². The van der Waals surface area contributed by atoms with Crippen LogP contribution < -0.4 is 11.2 Å². The van der Waals surface area contributed by atoms with Crippen LogP contribution in [0.2, 0.25) is 0 Å². The molecule has 0 aliphatic carbocycles. The molecule has 1 fully saturated rings. The Morgan fingerprint density at radius 3 is 2.71 bits per heavy atom. The summed E-state index contributed by atoms with van der Waals surface area (Å²) >= 11 is 0. The van der Waals surface area contributed by atoms with Gasteiger partial charge in [0.25, 0.3) is 5.56 Å². The maximum absolute atomic E-state index is 13.6. The summed E-state index contributed by atoms with van der Waals surface area (Å²) in [6.45, 7) is 1.11. The average molecular weight is 394 g/mol. The molecule has 9 nitrogen and oxygen atoms in total. The van der Waals surface area contributed by atoms with E-state index in [1.54, 1.807) is 4.98 Å². The Kier molecular flexibility index (Phi) is 6.02. The van der Waals surface area contributed by atoms with Gasteiger partial charge < -0.3 is 19.3 Å². The van der Waals surface area contributed by atoms with Crippen molar-refractivity contribution in [1.29, 1.82) is 0 Å². The fraction of sp³-hybridized carbons (Fsp3) is 0.389. The van der Waals surface area contributed by atoms with E-state index in [0.717, 1.165) is 10.1 Å². The minimum atomic E-state index is -1.38. The summed E-state index contributed by atoms with van der Waals surface area (Å²) in [5.74, 6) is -1.77. The van der Waals surface area contributed by atoms with E-state index in [0.29, 0.717) is 6.20 Å². The molecule has 1 saturated heterocycles. The Balaban J connectivity index is 1.83. The number of nitrogens with zero attached hydrogens (tertiary/aromatic N) is 1. The summed E-state index contributed by atoms with van der Waals surface area (Å²) in [6.07, 6.45) is -3.94. The molecule has 0 bridgehead atoms. The smallest absolute Gasteiger partial charge is 0.330 e. The molecule has 150 valence electrons. The van der Waals surface area contributed by atoms with E-state index in [9.17, 15) is 23.9 Å². The van der Waals surface area contributed by atoms with Crippen LogP contribution in [0.1, 0.15) is 18.7 Å². The first kappa shape index (κ1) is 19.9. The lowest BCUT2D eigenvalue weighted by Crippen LogP contribution is -2.40. The molecule has 2 N–H and O–H groups in total. The van der Waals surface area contributed by atoms with Crippen LogP contribution in [0.25, 0.3) is 0 Å². The fourth-order valence-corrected chi connectivity index (χ4v) is 2.91. The number of carbonyl (C=O) groups is 1. The van der Waals surface area contributed by atoms with Gasteiger partial charge in [0.15, 0.2) is 6.23 Å². The number of nitrogens with one attached hydrogen (secondary N) is 1. The molecule has 4 atom stereocenters. The van der Waals surface area contributed by atoms with Gasteiger partial charge in [-0.05, 0) is 5.56 Å². The number of H-pyrrole nitrogens is 1. The first-order chi connectivity index (χ1) is 13.4. The third-order valence-corrected chi connectivity index (χ3v) is 4.24. The fourth-order valence-electron chi connectivity index (χ4n) is 2.91. The molecule has 1 aromatic heterocycles. The monoisotopic (exact) mass is 394 g/mol. The highest BCUT2D eigenvalue weighted by molar-refractivity contribution is 5.65. The summed E-state index contributed by atoms with van der Waals surface area (Å²) in [4.78, 5) is 36.2. The Hall–Kier alpha value is -2.82. The van der Waals surface area contributed by atoms with Gasteiger partial charge in [-0.2, -0.15) is 4.39 Å². The van der Waals surface area contributed by atoms with E-state index in [4.69, 9.17) is 14.2 Å². The van der Waals surface area contributed by atoms with Crippen LogP contribution in [-0.2, 0) is 25.6 Å². The van der Waals surface area contributed by atoms with Gasteiger partial charge in [0.1, 0.15) is 24.9 Å². The van der Waals surface area contributed by atoms with Crippen molar-refractivity contribution in [3.8, 4) is 0 Å². The molecule has 0 saturated carbocycles. The zero-order valence-electron chi connectivity index (χ0n) is 14.9. The van der Waals surface area contributed by atoms with E-state index in [1.807, 2.05) is 30.3 Å². The van der Waals surface area contributed by atoms with Crippen LogP contribution in [0.4, 0.5) is 4.39 Å². The predicted molar refractivity (Wildman–Crippen MR) is 92.8 cm³/mol. The Morgan fingerprint density at radius 1 is 1.32 bits per heavy atom. The highest BCUT2D eigenvalue weighted by Crippen LogP contribution is 2.31. The van der Waals surface area contributed by atoms with Crippen molar-refractivity contribution < 1.29 is 28.5 Å². The minimum Gasteiger partial charge on any atom is -0.463 e. The number of ether oxygens (including phenoxy) is 3. The van der Waals surface area contributed by atoms with Crippen LogP contribution in [0.3, 0.4) is 0 Å². The molecule has 1 aromatic carbocycles. The quantitative estimate of drug-likeness (QED) is 0.666. The molecule has 1 aliphatic heterocycles. The van der Waals surface area contributed by atoms with Crippen molar-refractivity contribution in [3.05, 3.63) is 68.7 Å². The van der Waals surface area contributed by atoms with Gasteiger partial charge in [0.05, 0.1) is 12.8 Å². The number of esters is 1. The molecule has 0 radical (unpaired) electrons. The third-order valence-electron chi connectivity index (χ3n) is 4.24. The minimum absolute atomic E-state index is 0.129. The predicted octanol–water partition coefficient (Wildman–Crippen LogP) is 0.0825. The van der Waals surface area contributed by atoms with Crippen molar-refractivity contribution >= 4 is 5.97 Å². The summed E-state index contributed by atoms with van der Waals surface area (Å²) in [6, 6.07) is 9.13. The molecule has 10 heteroatoms. The van der Waals surface area contributed by atoms with Crippen LogP contribution in [0, 0.1) is 5.82 Å². The molecule has 4 unspecified atom stereocenters. The third kappa shape index (κ3) is 4.35. The number of rotatable bonds is 6. The zero-order chi connectivity index (χ0) is 20.3. The second-order valence-corrected chi connectivity index (χ2v) is 6.26. The molecule has 2 heterocycles. The number of hydrogen-bond donors (Lipinski definition) is 2. The normalized spacial score (nSPS) is 24.2. The van der Waals surface area contributed by atoms with E-state index in [2.05, 4.69) is 0 Å². The lowest BCUT2D eigenvalue weighted by Gasteiger charge is -2.21. The van der Waals surface area contributed by atoms with Crippen LogP contribution in [0.15, 0.2) is 46.1 Å².